The van der Waals surface area contributed by atoms with Crippen molar-refractivity contribution in [1.82, 2.24) is 4.90 Å². The lowest BCUT2D eigenvalue weighted by Crippen LogP contribution is -2.48. The first kappa shape index (κ1) is 14.7. The maximum atomic E-state index is 13.5. The highest BCUT2D eigenvalue weighted by Crippen LogP contribution is 2.22. The average molecular weight is 261 g/mol. The first-order chi connectivity index (χ1) is 8.23. The van der Waals surface area contributed by atoms with Crippen molar-refractivity contribution in [3.05, 3.63) is 0 Å². The summed E-state index contributed by atoms with van der Waals surface area (Å²) in [5.41, 5.74) is -0.638. The van der Waals surface area contributed by atoms with Gasteiger partial charge in [-0.3, -0.25) is 4.79 Å². The summed E-state index contributed by atoms with van der Waals surface area (Å²) in [7, 11) is 1.25. The van der Waals surface area contributed by atoms with Crippen molar-refractivity contribution >= 4 is 12.1 Å². The second-order valence-electron chi connectivity index (χ2n) is 5.44. The molecule has 0 aliphatic carbocycles. The number of likely N-dealkylation sites (tertiary alicyclic amines) is 1. The number of carbonyl (C=O) groups excluding carboxylic acids is 2. The fourth-order valence-electron chi connectivity index (χ4n) is 1.85. The van der Waals surface area contributed by atoms with Crippen LogP contribution >= 0.6 is 0 Å². The number of piperidine rings is 1. The van der Waals surface area contributed by atoms with E-state index < -0.39 is 29.8 Å². The predicted molar refractivity (Wildman–Crippen MR) is 62.8 cm³/mol. The van der Waals surface area contributed by atoms with Gasteiger partial charge in [0, 0.05) is 6.54 Å². The zero-order valence-electron chi connectivity index (χ0n) is 11.2. The van der Waals surface area contributed by atoms with E-state index in [0.29, 0.717) is 0 Å². The van der Waals surface area contributed by atoms with E-state index in [-0.39, 0.29) is 19.5 Å². The normalized spacial score (nSPS) is 24.6. The van der Waals surface area contributed by atoms with Gasteiger partial charge in [-0.1, -0.05) is 0 Å². The minimum absolute atomic E-state index is 0.0393. The Morgan fingerprint density at radius 3 is 2.39 bits per heavy atom. The Labute approximate surface area is 106 Å². The van der Waals surface area contributed by atoms with Crippen molar-refractivity contribution in [3.63, 3.8) is 0 Å². The van der Waals surface area contributed by atoms with Crippen molar-refractivity contribution in [2.24, 2.45) is 5.92 Å². The lowest BCUT2D eigenvalue weighted by molar-refractivity contribution is -0.148. The van der Waals surface area contributed by atoms with Gasteiger partial charge in [0.05, 0.1) is 19.6 Å². The summed E-state index contributed by atoms with van der Waals surface area (Å²) in [6.45, 7) is 5.31. The molecule has 1 heterocycles. The number of amides is 1. The molecule has 0 aromatic carbocycles. The Balaban J connectivity index is 2.66. The van der Waals surface area contributed by atoms with Gasteiger partial charge in [-0.2, -0.15) is 0 Å². The van der Waals surface area contributed by atoms with Crippen LogP contribution in [0.25, 0.3) is 0 Å². The predicted octanol–water partition coefficient (Wildman–Crippen LogP) is 1.75. The summed E-state index contributed by atoms with van der Waals surface area (Å²) in [4.78, 5) is 24.4. The number of hydrogen-bond acceptors (Lipinski definition) is 4. The molecule has 1 saturated heterocycles. The highest BCUT2D eigenvalue weighted by atomic mass is 19.1. The highest BCUT2D eigenvalue weighted by Gasteiger charge is 2.36. The zero-order valence-corrected chi connectivity index (χ0v) is 11.2. The Morgan fingerprint density at radius 1 is 1.28 bits per heavy atom. The number of hydrogen-bond donors (Lipinski definition) is 0. The van der Waals surface area contributed by atoms with Gasteiger partial charge >= 0.3 is 12.1 Å². The summed E-state index contributed by atoms with van der Waals surface area (Å²) in [6.07, 6.45) is -1.74. The Bertz CT molecular complexity index is 327. The van der Waals surface area contributed by atoms with Crippen molar-refractivity contribution in [1.29, 1.82) is 0 Å². The van der Waals surface area contributed by atoms with Gasteiger partial charge in [0.15, 0.2) is 0 Å². The summed E-state index contributed by atoms with van der Waals surface area (Å²) in [5.74, 6) is -1.11. The smallest absolute Gasteiger partial charge is 0.410 e. The van der Waals surface area contributed by atoms with Crippen LogP contribution in [0, 0.1) is 5.92 Å². The van der Waals surface area contributed by atoms with E-state index in [2.05, 4.69) is 4.74 Å². The topological polar surface area (TPSA) is 55.8 Å². The van der Waals surface area contributed by atoms with Crippen LogP contribution in [0.2, 0.25) is 0 Å². The summed E-state index contributed by atoms with van der Waals surface area (Å²) >= 11 is 0. The molecule has 1 aliphatic heterocycles. The third-order valence-electron chi connectivity index (χ3n) is 2.59. The second kappa shape index (κ2) is 5.54. The molecule has 6 heteroatoms. The van der Waals surface area contributed by atoms with E-state index >= 15 is 0 Å². The Kier molecular flexibility index (Phi) is 4.53. The first-order valence-electron chi connectivity index (χ1n) is 5.92. The minimum atomic E-state index is -1.23. The van der Waals surface area contributed by atoms with Crippen LogP contribution in [-0.2, 0) is 14.3 Å². The number of alkyl halides is 1. The molecular formula is C12H20FNO4. The van der Waals surface area contributed by atoms with Crippen LogP contribution in [0.1, 0.15) is 27.2 Å². The quantitative estimate of drug-likeness (QED) is 0.675. The van der Waals surface area contributed by atoms with Crippen LogP contribution < -0.4 is 0 Å². The van der Waals surface area contributed by atoms with Gasteiger partial charge in [-0.25, -0.2) is 9.18 Å². The van der Waals surface area contributed by atoms with Crippen molar-refractivity contribution in [3.8, 4) is 0 Å². The zero-order chi connectivity index (χ0) is 13.9. The number of esters is 1. The lowest BCUT2D eigenvalue weighted by atomic mass is 9.97. The van der Waals surface area contributed by atoms with Gasteiger partial charge in [-0.15, -0.1) is 0 Å². The molecule has 0 N–H and O–H groups in total. The molecule has 0 unspecified atom stereocenters. The molecular weight excluding hydrogens is 241 g/mol. The van der Waals surface area contributed by atoms with Gasteiger partial charge in [-0.05, 0) is 27.2 Å². The fourth-order valence-corrected chi connectivity index (χ4v) is 1.85. The number of rotatable bonds is 1. The molecule has 18 heavy (non-hydrogen) atoms. The minimum Gasteiger partial charge on any atom is -0.469 e. The fraction of sp³-hybridized carbons (Fsp3) is 0.833. The van der Waals surface area contributed by atoms with Gasteiger partial charge in [0.25, 0.3) is 0 Å². The molecule has 1 aliphatic rings. The SMILES string of the molecule is COC(=O)[C@H]1C[C@H](F)CN(C(=O)OC(C)(C)C)C1. The van der Waals surface area contributed by atoms with E-state index in [9.17, 15) is 14.0 Å². The van der Waals surface area contributed by atoms with Crippen LogP contribution in [-0.4, -0.2) is 48.9 Å². The molecule has 0 radical (unpaired) electrons. The maximum absolute atomic E-state index is 13.5. The van der Waals surface area contributed by atoms with Gasteiger partial charge in [0.2, 0.25) is 0 Å². The van der Waals surface area contributed by atoms with E-state index in [4.69, 9.17) is 4.74 Å². The van der Waals surface area contributed by atoms with Crippen molar-refractivity contribution in [2.45, 2.75) is 39.0 Å². The number of carbonyl (C=O) groups is 2. The van der Waals surface area contributed by atoms with Crippen LogP contribution in [0.3, 0.4) is 0 Å². The molecule has 0 aromatic rings. The Hall–Kier alpha value is -1.33. The standard InChI is InChI=1S/C12H20FNO4/c1-12(2,3)18-11(16)14-6-8(10(15)17-4)5-9(13)7-14/h8-9H,5-7H2,1-4H3/t8-,9-/m0/s1. The molecule has 1 fully saturated rings. The summed E-state index contributed by atoms with van der Waals surface area (Å²) in [5, 5.41) is 0. The van der Waals surface area contributed by atoms with E-state index in [1.807, 2.05) is 0 Å². The van der Waals surface area contributed by atoms with E-state index in [1.54, 1.807) is 20.8 Å². The van der Waals surface area contributed by atoms with E-state index in [0.717, 1.165) is 0 Å². The highest BCUT2D eigenvalue weighted by molar-refractivity contribution is 5.75. The number of halogens is 1. The molecule has 0 saturated carbocycles. The molecule has 0 spiro atoms. The second-order valence-corrected chi connectivity index (χ2v) is 5.44. The summed E-state index contributed by atoms with van der Waals surface area (Å²) in [6, 6.07) is 0. The molecule has 1 amide bonds. The monoisotopic (exact) mass is 261 g/mol. The molecule has 0 aromatic heterocycles. The van der Waals surface area contributed by atoms with E-state index in [1.165, 1.54) is 12.0 Å². The van der Waals surface area contributed by atoms with Crippen LogP contribution in [0.15, 0.2) is 0 Å². The average Bonchev–Trinajstić information content (AvgIpc) is 2.24. The van der Waals surface area contributed by atoms with Crippen molar-refractivity contribution in [2.75, 3.05) is 20.2 Å². The third kappa shape index (κ3) is 4.16. The molecule has 2 atom stereocenters. The number of methoxy groups -OCH3 is 1. The maximum Gasteiger partial charge on any atom is 0.410 e. The third-order valence-corrected chi connectivity index (χ3v) is 2.59. The number of nitrogens with zero attached hydrogens (tertiary/aromatic N) is 1. The van der Waals surface area contributed by atoms with Crippen molar-refractivity contribution < 1.29 is 23.5 Å². The van der Waals surface area contributed by atoms with Gasteiger partial charge < -0.3 is 14.4 Å². The molecule has 0 bridgehead atoms. The largest absolute Gasteiger partial charge is 0.469 e. The summed E-state index contributed by atoms with van der Waals surface area (Å²) < 4.78 is 23.3. The number of ether oxygens (including phenoxy) is 2. The molecule has 104 valence electrons. The van der Waals surface area contributed by atoms with Gasteiger partial charge in [0.1, 0.15) is 11.8 Å². The Morgan fingerprint density at radius 2 is 1.89 bits per heavy atom. The molecule has 1 rings (SSSR count). The lowest BCUT2D eigenvalue weighted by Gasteiger charge is -2.34. The molecule has 5 nitrogen and oxygen atoms in total. The first-order valence-corrected chi connectivity index (χ1v) is 5.92. The van der Waals surface area contributed by atoms with Crippen LogP contribution in [0.4, 0.5) is 9.18 Å². The van der Waals surface area contributed by atoms with Crippen LogP contribution in [0.5, 0.6) is 0 Å².